The Morgan fingerprint density at radius 2 is 1.78 bits per heavy atom. The van der Waals surface area contributed by atoms with E-state index in [4.69, 9.17) is 8.83 Å². The summed E-state index contributed by atoms with van der Waals surface area (Å²) >= 11 is 0. The summed E-state index contributed by atoms with van der Waals surface area (Å²) in [4.78, 5) is 38.7. The predicted molar refractivity (Wildman–Crippen MR) is 93.7 cm³/mol. The van der Waals surface area contributed by atoms with Gasteiger partial charge in [-0.2, -0.15) is 5.01 Å². The summed E-state index contributed by atoms with van der Waals surface area (Å²) in [5, 5.41) is 3.33. The van der Waals surface area contributed by atoms with Crippen molar-refractivity contribution in [2.45, 2.75) is 38.9 Å². The molecule has 0 saturated carbocycles. The molecular weight excluding hydrogens is 352 g/mol. The van der Waals surface area contributed by atoms with E-state index >= 15 is 0 Å². The van der Waals surface area contributed by atoms with Crippen LogP contribution in [-0.2, 0) is 22.7 Å². The predicted octanol–water partition coefficient (Wildman–Crippen LogP) is 1.63. The normalized spacial score (nSPS) is 19.6. The molecule has 0 spiro atoms. The fourth-order valence-corrected chi connectivity index (χ4v) is 2.80. The first-order valence-corrected chi connectivity index (χ1v) is 8.64. The minimum atomic E-state index is -1.01. The Bertz CT molecular complexity index is 766. The molecule has 4 amide bonds. The summed E-state index contributed by atoms with van der Waals surface area (Å²) in [7, 11) is 0. The molecule has 144 valence electrons. The highest BCUT2D eigenvalue weighted by Gasteiger charge is 2.47. The van der Waals surface area contributed by atoms with E-state index in [1.54, 1.807) is 55.5 Å². The van der Waals surface area contributed by atoms with Crippen molar-refractivity contribution in [3.05, 3.63) is 48.3 Å². The third kappa shape index (κ3) is 4.20. The molecule has 27 heavy (non-hydrogen) atoms. The SMILES string of the molecule is CC[C@@]1(C)NC(=O)N(NC(=O)CN(Cc2ccco2)Cc2ccco2)C1=O. The standard InChI is InChI=1S/C18H22N4O5/c1-3-18(2)16(24)22(17(25)19-18)20-15(23)12-21(10-13-6-4-8-26-13)11-14-7-5-9-27-14/h4-9H,3,10-12H2,1-2H3,(H,19,25)(H,20,23)/t18-/m1/s1. The van der Waals surface area contributed by atoms with E-state index in [0.29, 0.717) is 31.0 Å². The third-order valence-corrected chi connectivity index (χ3v) is 4.49. The number of nitrogens with one attached hydrogen (secondary N) is 2. The van der Waals surface area contributed by atoms with E-state index in [1.807, 2.05) is 0 Å². The molecule has 0 aromatic carbocycles. The van der Waals surface area contributed by atoms with E-state index in [1.165, 1.54) is 0 Å². The molecule has 1 aliphatic heterocycles. The van der Waals surface area contributed by atoms with E-state index in [-0.39, 0.29) is 6.54 Å². The first-order chi connectivity index (χ1) is 12.9. The van der Waals surface area contributed by atoms with Crippen LogP contribution in [0.2, 0.25) is 0 Å². The molecule has 1 saturated heterocycles. The summed E-state index contributed by atoms with van der Waals surface area (Å²) in [5.41, 5.74) is 1.38. The van der Waals surface area contributed by atoms with Gasteiger partial charge in [-0.15, -0.1) is 0 Å². The molecule has 0 aliphatic carbocycles. The van der Waals surface area contributed by atoms with Gasteiger partial charge < -0.3 is 14.2 Å². The quantitative estimate of drug-likeness (QED) is 0.680. The van der Waals surface area contributed by atoms with Gasteiger partial charge in [-0.05, 0) is 37.6 Å². The molecule has 1 atom stereocenters. The Kier molecular flexibility index (Phi) is 5.31. The zero-order valence-corrected chi connectivity index (χ0v) is 15.2. The Hall–Kier alpha value is -3.07. The van der Waals surface area contributed by atoms with Crippen LogP contribution in [0.5, 0.6) is 0 Å². The molecule has 0 unspecified atom stereocenters. The summed E-state index contributed by atoms with van der Waals surface area (Å²) < 4.78 is 10.7. The fraction of sp³-hybridized carbons (Fsp3) is 0.389. The lowest BCUT2D eigenvalue weighted by Crippen LogP contribution is -2.51. The molecule has 3 rings (SSSR count). The first-order valence-electron chi connectivity index (χ1n) is 8.64. The highest BCUT2D eigenvalue weighted by Crippen LogP contribution is 2.19. The van der Waals surface area contributed by atoms with Gasteiger partial charge >= 0.3 is 6.03 Å². The minimum absolute atomic E-state index is 0.0543. The highest BCUT2D eigenvalue weighted by atomic mass is 16.3. The average molecular weight is 374 g/mol. The van der Waals surface area contributed by atoms with Gasteiger partial charge in [-0.1, -0.05) is 6.92 Å². The number of rotatable bonds is 8. The number of imide groups is 1. The molecular formula is C18H22N4O5. The lowest BCUT2D eigenvalue weighted by atomic mass is 10.00. The van der Waals surface area contributed by atoms with E-state index < -0.39 is 23.4 Å². The molecule has 2 aromatic heterocycles. The minimum Gasteiger partial charge on any atom is -0.468 e. The highest BCUT2D eigenvalue weighted by molar-refractivity contribution is 6.07. The second-order valence-corrected chi connectivity index (χ2v) is 6.60. The molecule has 2 aromatic rings. The summed E-state index contributed by atoms with van der Waals surface area (Å²) in [6.07, 6.45) is 3.53. The molecule has 2 N–H and O–H groups in total. The van der Waals surface area contributed by atoms with Gasteiger partial charge in [0, 0.05) is 0 Å². The molecule has 9 heteroatoms. The zero-order chi connectivity index (χ0) is 19.4. The maximum Gasteiger partial charge on any atom is 0.344 e. The lowest BCUT2D eigenvalue weighted by molar-refractivity contribution is -0.139. The Morgan fingerprint density at radius 1 is 1.19 bits per heavy atom. The second kappa shape index (κ2) is 7.67. The number of hydrogen-bond acceptors (Lipinski definition) is 6. The van der Waals surface area contributed by atoms with Gasteiger partial charge in [0.25, 0.3) is 11.8 Å². The Balaban J connectivity index is 1.65. The number of urea groups is 1. The van der Waals surface area contributed by atoms with Crippen LogP contribution in [0.15, 0.2) is 45.6 Å². The molecule has 0 bridgehead atoms. The zero-order valence-electron chi connectivity index (χ0n) is 15.2. The van der Waals surface area contributed by atoms with Crippen molar-refractivity contribution < 1.29 is 23.2 Å². The Morgan fingerprint density at radius 3 is 2.22 bits per heavy atom. The Labute approximate surface area is 156 Å². The van der Waals surface area contributed by atoms with Gasteiger partial charge in [-0.3, -0.25) is 19.9 Å². The number of carbonyl (C=O) groups excluding carboxylic acids is 3. The van der Waals surface area contributed by atoms with Crippen molar-refractivity contribution in [2.75, 3.05) is 6.54 Å². The number of furan rings is 2. The van der Waals surface area contributed by atoms with E-state index in [0.717, 1.165) is 5.01 Å². The van der Waals surface area contributed by atoms with Crippen LogP contribution in [-0.4, -0.2) is 39.8 Å². The fourth-order valence-electron chi connectivity index (χ4n) is 2.80. The smallest absolute Gasteiger partial charge is 0.344 e. The first kappa shape index (κ1) is 18.7. The molecule has 1 aliphatic rings. The average Bonchev–Trinajstić information content (AvgIpc) is 3.35. The number of nitrogens with zero attached hydrogens (tertiary/aromatic N) is 2. The molecule has 9 nitrogen and oxygen atoms in total. The summed E-state index contributed by atoms with van der Waals surface area (Å²) in [6.45, 7) is 4.10. The van der Waals surface area contributed by atoms with Gasteiger partial charge in [0.05, 0.1) is 32.2 Å². The number of carbonyl (C=O) groups is 3. The van der Waals surface area contributed by atoms with Crippen LogP contribution in [0.1, 0.15) is 31.8 Å². The molecule has 1 fully saturated rings. The third-order valence-electron chi connectivity index (χ3n) is 4.49. The van der Waals surface area contributed by atoms with Crippen LogP contribution in [0, 0.1) is 0 Å². The second-order valence-electron chi connectivity index (χ2n) is 6.60. The van der Waals surface area contributed by atoms with Crippen LogP contribution in [0.25, 0.3) is 0 Å². The maximum absolute atomic E-state index is 12.5. The van der Waals surface area contributed by atoms with Crippen LogP contribution < -0.4 is 10.7 Å². The van der Waals surface area contributed by atoms with Crippen molar-refractivity contribution in [1.82, 2.24) is 20.7 Å². The van der Waals surface area contributed by atoms with E-state index in [9.17, 15) is 14.4 Å². The largest absolute Gasteiger partial charge is 0.468 e. The van der Waals surface area contributed by atoms with Crippen molar-refractivity contribution in [1.29, 1.82) is 0 Å². The molecule has 0 radical (unpaired) electrons. The van der Waals surface area contributed by atoms with Crippen molar-refractivity contribution in [2.24, 2.45) is 0 Å². The molecule has 3 heterocycles. The van der Waals surface area contributed by atoms with Gasteiger partial charge in [-0.25, -0.2) is 4.79 Å². The van der Waals surface area contributed by atoms with Crippen LogP contribution in [0.4, 0.5) is 4.79 Å². The topological polar surface area (TPSA) is 108 Å². The van der Waals surface area contributed by atoms with Crippen LogP contribution >= 0.6 is 0 Å². The summed E-state index contributed by atoms with van der Waals surface area (Å²) in [5.74, 6) is 0.398. The lowest BCUT2D eigenvalue weighted by Gasteiger charge is -2.22. The van der Waals surface area contributed by atoms with Gasteiger partial charge in [0.15, 0.2) is 0 Å². The van der Waals surface area contributed by atoms with Crippen molar-refractivity contribution in [3.8, 4) is 0 Å². The van der Waals surface area contributed by atoms with Crippen molar-refractivity contribution >= 4 is 17.8 Å². The number of hydrogen-bond donors (Lipinski definition) is 2. The van der Waals surface area contributed by atoms with Gasteiger partial charge in [0.2, 0.25) is 0 Å². The summed E-state index contributed by atoms with van der Waals surface area (Å²) in [6, 6.07) is 6.49. The van der Waals surface area contributed by atoms with E-state index in [2.05, 4.69) is 10.7 Å². The number of amides is 4. The number of hydrazine groups is 1. The monoisotopic (exact) mass is 374 g/mol. The van der Waals surface area contributed by atoms with Crippen molar-refractivity contribution in [3.63, 3.8) is 0 Å². The van der Waals surface area contributed by atoms with Crippen LogP contribution in [0.3, 0.4) is 0 Å². The van der Waals surface area contributed by atoms with Gasteiger partial charge in [0.1, 0.15) is 17.1 Å². The maximum atomic E-state index is 12.5.